The lowest BCUT2D eigenvalue weighted by molar-refractivity contribution is -0.117. The molecule has 0 aliphatic heterocycles. The molecule has 9 heteroatoms. The molecule has 0 saturated heterocycles. The predicted molar refractivity (Wildman–Crippen MR) is 103 cm³/mol. The summed E-state index contributed by atoms with van der Waals surface area (Å²) in [5, 5.41) is 14.6. The quantitative estimate of drug-likeness (QED) is 0.549. The summed E-state index contributed by atoms with van der Waals surface area (Å²) in [6.45, 7) is -0.248. The molecule has 9 nitrogen and oxygen atoms in total. The minimum absolute atomic E-state index is 0.0970. The molecule has 2 heterocycles. The number of aromatic nitrogens is 5. The fourth-order valence-corrected chi connectivity index (χ4v) is 2.82. The monoisotopic (exact) mass is 376 g/mol. The molecule has 0 saturated carbocycles. The Morgan fingerprint density at radius 1 is 1.18 bits per heavy atom. The van der Waals surface area contributed by atoms with Gasteiger partial charge in [-0.1, -0.05) is 30.3 Å². The lowest BCUT2D eigenvalue weighted by Crippen LogP contribution is -2.29. The van der Waals surface area contributed by atoms with Crippen molar-refractivity contribution < 1.29 is 9.53 Å². The summed E-state index contributed by atoms with van der Waals surface area (Å²) >= 11 is 0. The zero-order chi connectivity index (χ0) is 19.5. The summed E-state index contributed by atoms with van der Waals surface area (Å²) in [5.74, 6) is 0.715. The van der Waals surface area contributed by atoms with Crippen molar-refractivity contribution in [2.45, 2.75) is 6.54 Å². The fourth-order valence-electron chi connectivity index (χ4n) is 2.82. The Kier molecular flexibility index (Phi) is 4.55. The van der Waals surface area contributed by atoms with Crippen LogP contribution in [-0.2, 0) is 11.3 Å². The van der Waals surface area contributed by atoms with Crippen LogP contribution in [0.2, 0.25) is 0 Å². The highest BCUT2D eigenvalue weighted by Crippen LogP contribution is 2.26. The number of aromatic amines is 1. The number of nitrogens with one attached hydrogen (secondary N) is 2. The first-order chi connectivity index (χ1) is 13.7. The Morgan fingerprint density at radius 3 is 2.82 bits per heavy atom. The minimum atomic E-state index is -0.463. The zero-order valence-corrected chi connectivity index (χ0v) is 14.9. The highest BCUT2D eigenvalue weighted by Gasteiger charge is 2.13. The Hall–Kier alpha value is -4.01. The smallest absolute Gasteiger partial charge is 0.275 e. The second-order valence-corrected chi connectivity index (χ2v) is 5.95. The van der Waals surface area contributed by atoms with Crippen LogP contribution in [0.25, 0.3) is 22.2 Å². The third-order valence-corrected chi connectivity index (χ3v) is 4.15. The van der Waals surface area contributed by atoms with Crippen molar-refractivity contribution in [2.24, 2.45) is 0 Å². The highest BCUT2D eigenvalue weighted by molar-refractivity contribution is 5.89. The van der Waals surface area contributed by atoms with E-state index in [1.165, 1.54) is 0 Å². The van der Waals surface area contributed by atoms with Gasteiger partial charge in [-0.25, -0.2) is 4.68 Å². The number of hydrogen-bond acceptors (Lipinski definition) is 6. The van der Waals surface area contributed by atoms with E-state index in [0.29, 0.717) is 22.5 Å². The molecule has 28 heavy (non-hydrogen) atoms. The first-order valence-electron chi connectivity index (χ1n) is 8.46. The number of hydrogen-bond donors (Lipinski definition) is 2. The Labute approximate surface area is 159 Å². The molecule has 140 valence electrons. The van der Waals surface area contributed by atoms with Gasteiger partial charge in [0.15, 0.2) is 5.82 Å². The van der Waals surface area contributed by atoms with Crippen LogP contribution in [0.4, 0.5) is 5.95 Å². The Balaban J connectivity index is 1.51. The van der Waals surface area contributed by atoms with Gasteiger partial charge in [-0.15, -0.1) is 5.10 Å². The zero-order valence-electron chi connectivity index (χ0n) is 14.9. The molecule has 4 rings (SSSR count). The van der Waals surface area contributed by atoms with E-state index in [1.807, 2.05) is 24.3 Å². The number of carbonyl (C=O) groups is 1. The molecule has 1 amide bonds. The number of fused-ring (bicyclic) bond motifs is 1. The van der Waals surface area contributed by atoms with Crippen molar-refractivity contribution >= 4 is 22.6 Å². The van der Waals surface area contributed by atoms with Gasteiger partial charge in [0.25, 0.3) is 5.56 Å². The summed E-state index contributed by atoms with van der Waals surface area (Å²) < 4.78 is 6.40. The molecule has 0 atom stereocenters. The average Bonchev–Trinajstić information content (AvgIpc) is 3.18. The molecule has 2 aromatic heterocycles. The number of amides is 1. The van der Waals surface area contributed by atoms with Gasteiger partial charge in [0.1, 0.15) is 12.3 Å². The van der Waals surface area contributed by atoms with Gasteiger partial charge in [-0.3, -0.25) is 20.0 Å². The summed E-state index contributed by atoms with van der Waals surface area (Å²) in [6.07, 6.45) is 1.55. The van der Waals surface area contributed by atoms with Gasteiger partial charge in [0.05, 0.1) is 24.3 Å². The molecule has 0 aliphatic rings. The summed E-state index contributed by atoms with van der Waals surface area (Å²) in [6, 6.07) is 14.4. The standard InChI is InChI=1S/C19H16N6O3/c1-28-15-9-5-4-8-14(15)17-22-19(24-23-17)21-16(26)11-25-18(27)13-7-3-2-6-12(13)10-20-25/h2-10H,11H2,1H3,(H2,21,22,23,24,26). The molecule has 4 aromatic rings. The van der Waals surface area contributed by atoms with Crippen molar-refractivity contribution in [3.05, 3.63) is 65.1 Å². The first-order valence-corrected chi connectivity index (χ1v) is 8.46. The number of para-hydroxylation sites is 1. The van der Waals surface area contributed by atoms with E-state index < -0.39 is 5.91 Å². The van der Waals surface area contributed by atoms with Gasteiger partial charge in [-0.2, -0.15) is 10.1 Å². The molecular weight excluding hydrogens is 360 g/mol. The SMILES string of the molecule is COc1ccccc1-c1nc(NC(=O)Cn2ncc3ccccc3c2=O)n[nH]1. The number of methoxy groups -OCH3 is 1. The average molecular weight is 376 g/mol. The van der Waals surface area contributed by atoms with E-state index in [0.717, 1.165) is 10.1 Å². The fraction of sp³-hybridized carbons (Fsp3) is 0.105. The van der Waals surface area contributed by atoms with Gasteiger partial charge in [-0.05, 0) is 18.2 Å². The van der Waals surface area contributed by atoms with Crippen LogP contribution in [0, 0.1) is 0 Å². The van der Waals surface area contributed by atoms with Crippen molar-refractivity contribution in [1.82, 2.24) is 25.0 Å². The van der Waals surface area contributed by atoms with Gasteiger partial charge < -0.3 is 4.74 Å². The number of benzene rings is 2. The predicted octanol–water partition coefficient (Wildman–Crippen LogP) is 1.83. The molecule has 2 aromatic carbocycles. The molecular formula is C19H16N6O3. The molecule has 0 radical (unpaired) electrons. The molecule has 0 unspecified atom stereocenters. The maximum Gasteiger partial charge on any atom is 0.275 e. The first kappa shape index (κ1) is 17.4. The maximum atomic E-state index is 12.4. The van der Waals surface area contributed by atoms with Gasteiger partial charge in [0, 0.05) is 5.39 Å². The van der Waals surface area contributed by atoms with Crippen molar-refractivity contribution in [1.29, 1.82) is 0 Å². The molecule has 0 aliphatic carbocycles. The van der Waals surface area contributed by atoms with E-state index in [-0.39, 0.29) is 18.1 Å². The number of nitrogens with zero attached hydrogens (tertiary/aromatic N) is 4. The van der Waals surface area contributed by atoms with Gasteiger partial charge >= 0.3 is 0 Å². The molecule has 0 spiro atoms. The third kappa shape index (κ3) is 3.32. The lowest BCUT2D eigenvalue weighted by Gasteiger charge is -2.05. The van der Waals surface area contributed by atoms with Crippen LogP contribution in [-0.4, -0.2) is 38.0 Å². The molecule has 0 fully saturated rings. The van der Waals surface area contributed by atoms with Crippen LogP contribution in [0.1, 0.15) is 0 Å². The summed E-state index contributed by atoms with van der Waals surface area (Å²) in [5.41, 5.74) is 0.378. The normalized spacial score (nSPS) is 10.8. The second-order valence-electron chi connectivity index (χ2n) is 5.95. The second kappa shape index (κ2) is 7.31. The van der Waals surface area contributed by atoms with Crippen LogP contribution >= 0.6 is 0 Å². The van der Waals surface area contributed by atoms with Crippen LogP contribution < -0.4 is 15.6 Å². The number of H-pyrrole nitrogens is 1. The number of carbonyl (C=O) groups excluding carboxylic acids is 1. The van der Waals surface area contributed by atoms with Crippen LogP contribution in [0.5, 0.6) is 5.75 Å². The minimum Gasteiger partial charge on any atom is -0.496 e. The Bertz CT molecular complexity index is 1210. The largest absolute Gasteiger partial charge is 0.496 e. The molecule has 0 bridgehead atoms. The van der Waals surface area contributed by atoms with Crippen LogP contribution in [0.3, 0.4) is 0 Å². The van der Waals surface area contributed by atoms with E-state index in [4.69, 9.17) is 4.74 Å². The van der Waals surface area contributed by atoms with Crippen molar-refractivity contribution in [3.8, 4) is 17.1 Å². The third-order valence-electron chi connectivity index (χ3n) is 4.15. The number of rotatable bonds is 5. The summed E-state index contributed by atoms with van der Waals surface area (Å²) in [7, 11) is 1.56. The topological polar surface area (TPSA) is 115 Å². The molecule has 2 N–H and O–H groups in total. The summed E-state index contributed by atoms with van der Waals surface area (Å²) in [4.78, 5) is 29.0. The van der Waals surface area contributed by atoms with E-state index >= 15 is 0 Å². The van der Waals surface area contributed by atoms with Crippen molar-refractivity contribution in [2.75, 3.05) is 12.4 Å². The van der Waals surface area contributed by atoms with Crippen LogP contribution in [0.15, 0.2) is 59.5 Å². The Morgan fingerprint density at radius 2 is 1.96 bits per heavy atom. The van der Waals surface area contributed by atoms with E-state index in [9.17, 15) is 9.59 Å². The lowest BCUT2D eigenvalue weighted by atomic mass is 10.2. The number of anilines is 1. The number of ether oxygens (including phenoxy) is 1. The maximum absolute atomic E-state index is 12.4. The van der Waals surface area contributed by atoms with E-state index in [1.54, 1.807) is 37.6 Å². The van der Waals surface area contributed by atoms with Gasteiger partial charge in [0.2, 0.25) is 11.9 Å². The highest BCUT2D eigenvalue weighted by atomic mass is 16.5. The van der Waals surface area contributed by atoms with Crippen molar-refractivity contribution in [3.63, 3.8) is 0 Å². The van der Waals surface area contributed by atoms with E-state index in [2.05, 4.69) is 25.6 Å².